The van der Waals surface area contributed by atoms with Gasteiger partial charge in [-0.15, -0.1) is 0 Å². The minimum atomic E-state index is -0.232. The molecule has 3 nitrogen and oxygen atoms in total. The van der Waals surface area contributed by atoms with Crippen LogP contribution in [-0.4, -0.2) is 77.2 Å². The van der Waals surface area contributed by atoms with Crippen LogP contribution in [0.5, 0.6) is 0 Å². The molecule has 0 aromatic heterocycles. The van der Waals surface area contributed by atoms with Gasteiger partial charge in [-0.3, -0.25) is 4.79 Å². The number of carbonyl (C=O) groups is 1. The summed E-state index contributed by atoms with van der Waals surface area (Å²) in [5.41, 5.74) is 0. The van der Waals surface area contributed by atoms with Gasteiger partial charge < -0.3 is 9.47 Å². The Hall–Kier alpha value is 1.07. The van der Waals surface area contributed by atoms with Crippen molar-refractivity contribution in [3.05, 3.63) is 0 Å². The topological polar surface area (TPSA) is 35.5 Å². The number of rotatable bonds is 16. The minimum absolute atomic E-state index is 0. The van der Waals surface area contributed by atoms with Crippen LogP contribution in [0.2, 0.25) is 0 Å². The van der Waals surface area contributed by atoms with Crippen molar-refractivity contribution in [1.29, 1.82) is 0 Å². The number of unbranched alkanes of at least 4 members (excludes halogenated alkanes) is 11. The molecule has 0 heterocycles. The van der Waals surface area contributed by atoms with Gasteiger partial charge in [0.2, 0.25) is 0 Å². The summed E-state index contributed by atoms with van der Waals surface area (Å²) in [5, 5.41) is 0. The summed E-state index contributed by atoms with van der Waals surface area (Å²) in [5.74, 6) is -0.232. The van der Waals surface area contributed by atoms with Gasteiger partial charge >= 0.3 is 57.4 Å². The fraction of sp³-hybridized carbons (Fsp3) is 0.944. The van der Waals surface area contributed by atoms with Crippen LogP contribution in [0.15, 0.2) is 0 Å². The van der Waals surface area contributed by atoms with Crippen LogP contribution in [0.25, 0.3) is 0 Å². The second-order valence-electron chi connectivity index (χ2n) is 5.84. The monoisotopic (exact) mass is 340 g/mol. The first-order valence-corrected chi connectivity index (χ1v) is 8.98. The summed E-state index contributed by atoms with van der Waals surface area (Å²) in [6, 6.07) is 0. The molecule has 0 N–H and O–H groups in total. The fourth-order valence-corrected chi connectivity index (χ4v) is 2.39. The molecule has 22 heavy (non-hydrogen) atoms. The molecule has 0 unspecified atom stereocenters. The zero-order valence-electron chi connectivity index (χ0n) is 14.3. The molecule has 0 aromatic carbocycles. The van der Waals surface area contributed by atoms with Gasteiger partial charge in [-0.2, -0.15) is 0 Å². The predicted octanol–water partition coefficient (Wildman–Crippen LogP) is 4.62. The molecule has 0 atom stereocenters. The molecule has 0 aliphatic carbocycles. The standard InChI is InChI=1S/C18H36O3.K.H/c1-3-4-5-6-7-8-9-10-11-12-13-14-15-20-16-17-21-18(2)19;;/h3-17H2,1-2H3;;. The van der Waals surface area contributed by atoms with Gasteiger partial charge in [0.05, 0.1) is 6.61 Å². The van der Waals surface area contributed by atoms with Gasteiger partial charge in [0.15, 0.2) is 0 Å². The van der Waals surface area contributed by atoms with Crippen LogP contribution in [0.1, 0.15) is 90.9 Å². The Morgan fingerprint density at radius 3 is 1.59 bits per heavy atom. The van der Waals surface area contributed by atoms with Crippen molar-refractivity contribution in [2.75, 3.05) is 19.8 Å². The predicted molar refractivity (Wildman–Crippen MR) is 95.7 cm³/mol. The van der Waals surface area contributed by atoms with Crippen LogP contribution < -0.4 is 0 Å². The first kappa shape index (κ1) is 25.3. The third-order valence-electron chi connectivity index (χ3n) is 3.68. The first-order chi connectivity index (χ1) is 10.3. The molecule has 0 radical (unpaired) electrons. The third kappa shape index (κ3) is 23.3. The number of hydrogen-bond donors (Lipinski definition) is 0. The second-order valence-corrected chi connectivity index (χ2v) is 5.84. The Morgan fingerprint density at radius 1 is 0.682 bits per heavy atom. The zero-order valence-corrected chi connectivity index (χ0v) is 14.3. The van der Waals surface area contributed by atoms with E-state index in [1.54, 1.807) is 0 Å². The van der Waals surface area contributed by atoms with Gasteiger partial charge in [-0.05, 0) is 6.42 Å². The van der Waals surface area contributed by atoms with Crippen molar-refractivity contribution < 1.29 is 14.3 Å². The van der Waals surface area contributed by atoms with E-state index in [9.17, 15) is 4.79 Å². The summed E-state index contributed by atoms with van der Waals surface area (Å²) in [6.07, 6.45) is 16.3. The molecule has 0 aromatic rings. The fourth-order valence-electron chi connectivity index (χ4n) is 2.39. The number of hydrogen-bond acceptors (Lipinski definition) is 3. The van der Waals surface area contributed by atoms with Crippen molar-refractivity contribution in [2.24, 2.45) is 0 Å². The molecule has 0 fully saturated rings. The van der Waals surface area contributed by atoms with Crippen LogP contribution in [0.4, 0.5) is 0 Å². The molecule has 0 spiro atoms. The van der Waals surface area contributed by atoms with Crippen molar-refractivity contribution in [3.8, 4) is 0 Å². The van der Waals surface area contributed by atoms with E-state index in [0.717, 1.165) is 13.0 Å². The quantitative estimate of drug-likeness (QED) is 0.234. The Morgan fingerprint density at radius 2 is 1.14 bits per heavy atom. The molecule has 0 bridgehead atoms. The molecule has 128 valence electrons. The van der Waals surface area contributed by atoms with E-state index in [0.29, 0.717) is 13.2 Å². The molecular formula is C18H37KO3. The van der Waals surface area contributed by atoms with Gasteiger partial charge in [0, 0.05) is 13.5 Å². The number of esters is 1. The first-order valence-electron chi connectivity index (χ1n) is 8.98. The van der Waals surface area contributed by atoms with Gasteiger partial charge in [-0.1, -0.05) is 77.6 Å². The molecule has 0 aliphatic heterocycles. The molecule has 0 aliphatic rings. The van der Waals surface area contributed by atoms with Gasteiger partial charge in [0.25, 0.3) is 0 Å². The van der Waals surface area contributed by atoms with E-state index in [2.05, 4.69) is 6.92 Å². The van der Waals surface area contributed by atoms with Gasteiger partial charge in [0.1, 0.15) is 6.61 Å². The second kappa shape index (κ2) is 22.1. The molecule has 0 rings (SSSR count). The molecular weight excluding hydrogens is 303 g/mol. The van der Waals surface area contributed by atoms with E-state index in [1.807, 2.05) is 0 Å². The Labute approximate surface area is 180 Å². The van der Waals surface area contributed by atoms with Crippen LogP contribution >= 0.6 is 0 Å². The van der Waals surface area contributed by atoms with Crippen molar-refractivity contribution in [2.45, 2.75) is 90.9 Å². The van der Waals surface area contributed by atoms with E-state index in [1.165, 1.54) is 77.6 Å². The molecule has 4 heteroatoms. The Kier molecular flexibility index (Phi) is 25.4. The molecule has 0 amide bonds. The Bertz CT molecular complexity index is 222. The summed E-state index contributed by atoms with van der Waals surface area (Å²) >= 11 is 0. The summed E-state index contributed by atoms with van der Waals surface area (Å²) < 4.78 is 10.2. The number of ether oxygens (including phenoxy) is 2. The van der Waals surface area contributed by atoms with Gasteiger partial charge in [-0.25, -0.2) is 0 Å². The van der Waals surface area contributed by atoms with Crippen molar-refractivity contribution in [1.82, 2.24) is 0 Å². The SMILES string of the molecule is CCCCCCCCCCCCCCOCCOC(C)=O.[KH]. The van der Waals surface area contributed by atoms with Crippen LogP contribution in [-0.2, 0) is 14.3 Å². The number of carbonyl (C=O) groups excluding carboxylic acids is 1. The average molecular weight is 341 g/mol. The maximum atomic E-state index is 10.5. The normalized spacial score (nSPS) is 10.3. The summed E-state index contributed by atoms with van der Waals surface area (Å²) in [7, 11) is 0. The molecule has 0 saturated heterocycles. The average Bonchev–Trinajstić information content (AvgIpc) is 2.46. The van der Waals surface area contributed by atoms with Crippen molar-refractivity contribution in [3.63, 3.8) is 0 Å². The van der Waals surface area contributed by atoms with Crippen LogP contribution in [0, 0.1) is 0 Å². The molecule has 0 saturated carbocycles. The van der Waals surface area contributed by atoms with E-state index < -0.39 is 0 Å². The maximum absolute atomic E-state index is 10.5. The summed E-state index contributed by atoms with van der Waals surface area (Å²) in [6.45, 7) is 5.39. The Balaban J connectivity index is 0. The van der Waals surface area contributed by atoms with Crippen molar-refractivity contribution >= 4 is 57.4 Å². The van der Waals surface area contributed by atoms with Crippen LogP contribution in [0.3, 0.4) is 0 Å². The van der Waals surface area contributed by atoms with E-state index in [4.69, 9.17) is 9.47 Å². The van der Waals surface area contributed by atoms with E-state index >= 15 is 0 Å². The zero-order chi connectivity index (χ0) is 15.6. The van der Waals surface area contributed by atoms with E-state index in [-0.39, 0.29) is 57.4 Å². The summed E-state index contributed by atoms with van der Waals surface area (Å²) in [4.78, 5) is 10.5. The third-order valence-corrected chi connectivity index (χ3v) is 3.68.